The van der Waals surface area contributed by atoms with E-state index in [-0.39, 0.29) is 11.4 Å². The van der Waals surface area contributed by atoms with Crippen molar-refractivity contribution in [3.05, 3.63) is 41.5 Å². The molecule has 3 nitrogen and oxygen atoms in total. The molecule has 0 aliphatic heterocycles. The largest absolute Gasteiger partial charge is 0.346 e. The summed E-state index contributed by atoms with van der Waals surface area (Å²) in [5.41, 5.74) is 7.39. The van der Waals surface area contributed by atoms with Crippen molar-refractivity contribution in [2.45, 2.75) is 26.3 Å². The van der Waals surface area contributed by atoms with Crippen LogP contribution in [0, 0.1) is 6.92 Å². The Morgan fingerprint density at radius 3 is 2.47 bits per heavy atom. The summed E-state index contributed by atoms with van der Waals surface area (Å²) in [5, 5.41) is 2.84. The molecule has 1 amide bonds. The highest BCUT2D eigenvalue weighted by atomic mass is 16.1. The minimum absolute atomic E-state index is 0.124. The van der Waals surface area contributed by atoms with Crippen LogP contribution in [0.3, 0.4) is 0 Å². The van der Waals surface area contributed by atoms with Crippen LogP contribution in [0.4, 0.5) is 0 Å². The Labute approximate surface area is 103 Å². The first-order valence-electron chi connectivity index (χ1n) is 5.70. The zero-order valence-corrected chi connectivity index (χ0v) is 10.7. The van der Waals surface area contributed by atoms with E-state index < -0.39 is 0 Å². The number of nitrogens with one attached hydrogen (secondary N) is 1. The molecule has 0 spiro atoms. The molecule has 0 heterocycles. The first-order chi connectivity index (χ1) is 7.93. The first-order valence-corrected chi connectivity index (χ1v) is 5.70. The Kier molecular flexibility index (Phi) is 4.46. The van der Waals surface area contributed by atoms with E-state index in [9.17, 15) is 4.79 Å². The molecule has 92 valence electrons. The standard InChI is InChI=1S/C14H20N2O/c1-11-4-6-12(7-5-11)8-9-13(17)16-14(2,3)10-15/h4-9H,10,15H2,1-3H3,(H,16,17)/b9-8+. The highest BCUT2D eigenvalue weighted by molar-refractivity contribution is 5.92. The van der Waals surface area contributed by atoms with Gasteiger partial charge in [-0.2, -0.15) is 0 Å². The molecule has 0 radical (unpaired) electrons. The van der Waals surface area contributed by atoms with Crippen LogP contribution in [0.1, 0.15) is 25.0 Å². The van der Waals surface area contributed by atoms with Crippen LogP contribution in [0.15, 0.2) is 30.3 Å². The second kappa shape index (κ2) is 5.64. The van der Waals surface area contributed by atoms with Crippen molar-refractivity contribution >= 4 is 12.0 Å². The van der Waals surface area contributed by atoms with E-state index >= 15 is 0 Å². The zero-order chi connectivity index (χ0) is 12.9. The normalized spacial score (nSPS) is 11.8. The topological polar surface area (TPSA) is 55.1 Å². The van der Waals surface area contributed by atoms with E-state index in [1.165, 1.54) is 11.6 Å². The number of carbonyl (C=O) groups is 1. The van der Waals surface area contributed by atoms with Gasteiger partial charge in [-0.05, 0) is 32.4 Å². The average molecular weight is 232 g/mol. The van der Waals surface area contributed by atoms with Gasteiger partial charge in [0, 0.05) is 18.2 Å². The zero-order valence-electron chi connectivity index (χ0n) is 10.7. The van der Waals surface area contributed by atoms with Gasteiger partial charge in [0.2, 0.25) is 5.91 Å². The number of carbonyl (C=O) groups excluding carboxylic acids is 1. The van der Waals surface area contributed by atoms with E-state index in [4.69, 9.17) is 5.73 Å². The smallest absolute Gasteiger partial charge is 0.244 e. The highest BCUT2D eigenvalue weighted by Gasteiger charge is 2.16. The van der Waals surface area contributed by atoms with E-state index in [1.54, 1.807) is 6.08 Å². The molecule has 0 atom stereocenters. The van der Waals surface area contributed by atoms with Gasteiger partial charge in [0.25, 0.3) is 0 Å². The van der Waals surface area contributed by atoms with Crippen LogP contribution in [0.2, 0.25) is 0 Å². The summed E-state index contributed by atoms with van der Waals surface area (Å²) >= 11 is 0. The van der Waals surface area contributed by atoms with Gasteiger partial charge in [-0.25, -0.2) is 0 Å². The van der Waals surface area contributed by atoms with Crippen LogP contribution >= 0.6 is 0 Å². The summed E-state index contributed by atoms with van der Waals surface area (Å²) in [5.74, 6) is -0.124. The lowest BCUT2D eigenvalue weighted by molar-refractivity contribution is -0.117. The summed E-state index contributed by atoms with van der Waals surface area (Å²) in [6, 6.07) is 7.99. The highest BCUT2D eigenvalue weighted by Crippen LogP contribution is 2.05. The molecular weight excluding hydrogens is 212 g/mol. The molecule has 0 bridgehead atoms. The van der Waals surface area contributed by atoms with Crippen LogP contribution < -0.4 is 11.1 Å². The molecule has 0 fully saturated rings. The van der Waals surface area contributed by atoms with Gasteiger partial charge in [-0.1, -0.05) is 29.8 Å². The SMILES string of the molecule is Cc1ccc(/C=C/C(=O)NC(C)(C)CN)cc1. The molecule has 0 unspecified atom stereocenters. The van der Waals surface area contributed by atoms with Gasteiger partial charge < -0.3 is 11.1 Å². The van der Waals surface area contributed by atoms with E-state index in [0.29, 0.717) is 6.54 Å². The molecule has 3 heteroatoms. The number of hydrogen-bond acceptors (Lipinski definition) is 2. The summed E-state index contributed by atoms with van der Waals surface area (Å²) in [6.07, 6.45) is 3.32. The quantitative estimate of drug-likeness (QED) is 0.779. The third-order valence-corrected chi connectivity index (χ3v) is 2.48. The number of aryl methyl sites for hydroxylation is 1. The fourth-order valence-corrected chi connectivity index (χ4v) is 1.28. The van der Waals surface area contributed by atoms with E-state index in [0.717, 1.165) is 5.56 Å². The molecule has 0 aliphatic carbocycles. The summed E-state index contributed by atoms with van der Waals surface area (Å²) in [4.78, 5) is 11.6. The van der Waals surface area contributed by atoms with Crippen molar-refractivity contribution in [1.29, 1.82) is 0 Å². The lowest BCUT2D eigenvalue weighted by Gasteiger charge is -2.23. The second-order valence-corrected chi connectivity index (χ2v) is 4.82. The number of hydrogen-bond donors (Lipinski definition) is 2. The van der Waals surface area contributed by atoms with Gasteiger partial charge in [-0.3, -0.25) is 4.79 Å². The molecular formula is C14H20N2O. The Hall–Kier alpha value is -1.61. The Bertz CT molecular complexity index is 405. The van der Waals surface area contributed by atoms with Crippen LogP contribution in [-0.4, -0.2) is 18.0 Å². The monoisotopic (exact) mass is 232 g/mol. The predicted octanol–water partition coefficient (Wildman–Crippen LogP) is 1.86. The minimum atomic E-state index is -0.366. The lowest BCUT2D eigenvalue weighted by Crippen LogP contribution is -2.48. The fourth-order valence-electron chi connectivity index (χ4n) is 1.28. The first kappa shape index (κ1) is 13.5. The van der Waals surface area contributed by atoms with Crippen molar-refractivity contribution in [3.8, 4) is 0 Å². The van der Waals surface area contributed by atoms with Crippen molar-refractivity contribution in [1.82, 2.24) is 5.32 Å². The van der Waals surface area contributed by atoms with E-state index in [1.807, 2.05) is 45.0 Å². The Morgan fingerprint density at radius 1 is 1.35 bits per heavy atom. The van der Waals surface area contributed by atoms with Gasteiger partial charge in [0.1, 0.15) is 0 Å². The van der Waals surface area contributed by atoms with Crippen LogP contribution in [0.5, 0.6) is 0 Å². The summed E-state index contributed by atoms with van der Waals surface area (Å²) in [7, 11) is 0. The maximum absolute atomic E-state index is 11.6. The molecule has 0 aromatic heterocycles. The summed E-state index contributed by atoms with van der Waals surface area (Å²) < 4.78 is 0. The van der Waals surface area contributed by atoms with Gasteiger partial charge in [0.05, 0.1) is 0 Å². The van der Waals surface area contributed by atoms with Crippen LogP contribution in [-0.2, 0) is 4.79 Å². The number of rotatable bonds is 4. The Morgan fingerprint density at radius 2 is 1.94 bits per heavy atom. The lowest BCUT2D eigenvalue weighted by atomic mass is 10.1. The summed E-state index contributed by atoms with van der Waals surface area (Å²) in [6.45, 7) is 6.23. The van der Waals surface area contributed by atoms with Crippen molar-refractivity contribution < 1.29 is 4.79 Å². The molecule has 0 saturated heterocycles. The molecule has 1 rings (SSSR count). The molecule has 1 aromatic carbocycles. The molecule has 3 N–H and O–H groups in total. The molecule has 17 heavy (non-hydrogen) atoms. The number of amides is 1. The predicted molar refractivity (Wildman–Crippen MR) is 71.5 cm³/mol. The van der Waals surface area contributed by atoms with Gasteiger partial charge in [0.15, 0.2) is 0 Å². The van der Waals surface area contributed by atoms with Crippen molar-refractivity contribution in [2.24, 2.45) is 5.73 Å². The minimum Gasteiger partial charge on any atom is -0.346 e. The maximum atomic E-state index is 11.6. The molecule has 1 aromatic rings. The third-order valence-electron chi connectivity index (χ3n) is 2.48. The number of benzene rings is 1. The third kappa shape index (κ3) is 4.83. The maximum Gasteiger partial charge on any atom is 0.244 e. The van der Waals surface area contributed by atoms with Gasteiger partial charge >= 0.3 is 0 Å². The van der Waals surface area contributed by atoms with Crippen molar-refractivity contribution in [2.75, 3.05) is 6.54 Å². The van der Waals surface area contributed by atoms with Gasteiger partial charge in [-0.15, -0.1) is 0 Å². The van der Waals surface area contributed by atoms with E-state index in [2.05, 4.69) is 5.32 Å². The molecule has 0 aliphatic rings. The fraction of sp³-hybridized carbons (Fsp3) is 0.357. The Balaban J connectivity index is 2.60. The average Bonchev–Trinajstić information content (AvgIpc) is 2.28. The van der Waals surface area contributed by atoms with Crippen molar-refractivity contribution in [3.63, 3.8) is 0 Å². The second-order valence-electron chi connectivity index (χ2n) is 4.82. The molecule has 0 saturated carbocycles. The number of nitrogens with two attached hydrogens (primary N) is 1. The van der Waals surface area contributed by atoms with Crippen LogP contribution in [0.25, 0.3) is 6.08 Å².